The monoisotopic (exact) mass is 286 g/mol. The lowest BCUT2D eigenvalue weighted by molar-refractivity contribution is -0.122. The summed E-state index contributed by atoms with van der Waals surface area (Å²) in [7, 11) is 0. The molecule has 1 aliphatic heterocycles. The van der Waals surface area contributed by atoms with E-state index in [4.69, 9.17) is 0 Å². The fourth-order valence-electron chi connectivity index (χ4n) is 2.55. The van der Waals surface area contributed by atoms with Crippen LogP contribution < -0.4 is 10.6 Å². The molecule has 2 atom stereocenters. The van der Waals surface area contributed by atoms with Crippen molar-refractivity contribution >= 4 is 5.91 Å². The van der Waals surface area contributed by atoms with Crippen LogP contribution in [0.15, 0.2) is 36.7 Å². The number of rotatable bonds is 5. The van der Waals surface area contributed by atoms with E-state index in [2.05, 4.69) is 38.3 Å². The van der Waals surface area contributed by atoms with Crippen molar-refractivity contribution in [3.8, 4) is 0 Å². The number of tetrazole rings is 1. The van der Waals surface area contributed by atoms with Crippen molar-refractivity contribution in [2.75, 3.05) is 13.1 Å². The van der Waals surface area contributed by atoms with Gasteiger partial charge in [0.15, 0.2) is 0 Å². The number of benzene rings is 1. The van der Waals surface area contributed by atoms with E-state index in [-0.39, 0.29) is 18.0 Å². The van der Waals surface area contributed by atoms with Gasteiger partial charge >= 0.3 is 0 Å². The highest BCUT2D eigenvalue weighted by Gasteiger charge is 2.30. The Kier molecular flexibility index (Phi) is 4.20. The predicted octanol–water partition coefficient (Wildman–Crippen LogP) is -0.0650. The van der Waals surface area contributed by atoms with Gasteiger partial charge in [0.1, 0.15) is 6.33 Å². The van der Waals surface area contributed by atoms with Crippen molar-refractivity contribution < 1.29 is 4.79 Å². The number of nitrogens with one attached hydrogen (secondary N) is 2. The second kappa shape index (κ2) is 6.45. The van der Waals surface area contributed by atoms with Gasteiger partial charge in [0, 0.05) is 13.1 Å². The second-order valence-corrected chi connectivity index (χ2v) is 5.17. The second-order valence-electron chi connectivity index (χ2n) is 5.17. The Morgan fingerprint density at radius 1 is 1.38 bits per heavy atom. The van der Waals surface area contributed by atoms with Gasteiger partial charge in [0.05, 0.1) is 12.1 Å². The van der Waals surface area contributed by atoms with Crippen molar-refractivity contribution in [2.45, 2.75) is 24.9 Å². The van der Waals surface area contributed by atoms with Crippen molar-refractivity contribution in [1.29, 1.82) is 0 Å². The quantitative estimate of drug-likeness (QED) is 0.804. The van der Waals surface area contributed by atoms with Crippen molar-refractivity contribution in [2.24, 2.45) is 0 Å². The van der Waals surface area contributed by atoms with Crippen LogP contribution in [-0.2, 0) is 11.2 Å². The molecule has 7 heteroatoms. The molecule has 1 aromatic carbocycles. The summed E-state index contributed by atoms with van der Waals surface area (Å²) in [6.45, 7) is 1.36. The van der Waals surface area contributed by atoms with Crippen LogP contribution in [0.4, 0.5) is 0 Å². The minimum absolute atomic E-state index is 0.0431. The fraction of sp³-hybridized carbons (Fsp3) is 0.429. The largest absolute Gasteiger partial charge is 0.354 e. The first-order chi connectivity index (χ1) is 10.3. The zero-order valence-corrected chi connectivity index (χ0v) is 11.6. The third-order valence-electron chi connectivity index (χ3n) is 3.72. The summed E-state index contributed by atoms with van der Waals surface area (Å²) in [5.41, 5.74) is 1.23. The maximum Gasteiger partial charge on any atom is 0.237 e. The minimum atomic E-state index is -0.171. The number of amides is 1. The van der Waals surface area contributed by atoms with Crippen LogP contribution in [0.3, 0.4) is 0 Å². The topological polar surface area (TPSA) is 84.7 Å². The highest BCUT2D eigenvalue weighted by molar-refractivity contribution is 5.82. The summed E-state index contributed by atoms with van der Waals surface area (Å²) < 4.78 is 1.70. The molecule has 1 aliphatic rings. The van der Waals surface area contributed by atoms with E-state index < -0.39 is 0 Å². The zero-order valence-electron chi connectivity index (χ0n) is 11.6. The lowest BCUT2D eigenvalue weighted by atomic mass is 10.1. The van der Waals surface area contributed by atoms with E-state index in [1.807, 2.05) is 18.2 Å². The molecule has 1 fully saturated rings. The molecule has 2 heterocycles. The standard InChI is InChI=1S/C14H18N6O/c21-14(15-7-6-11-4-2-1-3-5-11)13-8-12(9-16-13)20-10-17-18-19-20/h1-5,10,12-13,16H,6-9H2,(H,15,21)/t12-,13+/m1/s1. The maximum absolute atomic E-state index is 12.1. The Labute approximate surface area is 122 Å². The number of hydrogen-bond donors (Lipinski definition) is 2. The first-order valence-electron chi connectivity index (χ1n) is 7.10. The lowest BCUT2D eigenvalue weighted by Gasteiger charge is -2.11. The van der Waals surface area contributed by atoms with Gasteiger partial charge in [-0.2, -0.15) is 0 Å². The fourth-order valence-corrected chi connectivity index (χ4v) is 2.55. The Balaban J connectivity index is 1.44. The first-order valence-corrected chi connectivity index (χ1v) is 7.10. The van der Waals surface area contributed by atoms with Crippen LogP contribution in [-0.4, -0.2) is 45.2 Å². The Hall–Kier alpha value is -2.28. The third-order valence-corrected chi connectivity index (χ3v) is 3.72. The summed E-state index contributed by atoms with van der Waals surface area (Å²) in [5.74, 6) is 0.0431. The molecule has 1 aromatic heterocycles. The smallest absolute Gasteiger partial charge is 0.237 e. The molecule has 0 aliphatic carbocycles. The van der Waals surface area contributed by atoms with Crippen LogP contribution in [0, 0.1) is 0 Å². The molecule has 0 radical (unpaired) electrons. The number of aromatic nitrogens is 4. The molecule has 1 saturated heterocycles. The van der Waals surface area contributed by atoms with Crippen LogP contribution in [0.1, 0.15) is 18.0 Å². The molecule has 110 valence electrons. The van der Waals surface area contributed by atoms with Gasteiger partial charge in [-0.15, -0.1) is 5.10 Å². The summed E-state index contributed by atoms with van der Waals surface area (Å²) in [6.07, 6.45) is 3.14. The van der Waals surface area contributed by atoms with Gasteiger partial charge in [0.2, 0.25) is 5.91 Å². The van der Waals surface area contributed by atoms with Gasteiger partial charge in [-0.25, -0.2) is 4.68 Å². The van der Waals surface area contributed by atoms with E-state index in [0.717, 1.165) is 6.42 Å². The molecule has 3 rings (SSSR count). The van der Waals surface area contributed by atoms with Crippen LogP contribution >= 0.6 is 0 Å². The number of carbonyl (C=O) groups excluding carboxylic acids is 1. The average Bonchev–Trinajstić information content (AvgIpc) is 3.19. The maximum atomic E-state index is 12.1. The molecule has 0 unspecified atom stereocenters. The highest BCUT2D eigenvalue weighted by Crippen LogP contribution is 2.17. The Morgan fingerprint density at radius 3 is 3.00 bits per heavy atom. The highest BCUT2D eigenvalue weighted by atomic mass is 16.2. The minimum Gasteiger partial charge on any atom is -0.354 e. The van der Waals surface area contributed by atoms with Gasteiger partial charge in [-0.05, 0) is 28.8 Å². The Morgan fingerprint density at radius 2 is 2.24 bits per heavy atom. The molecule has 0 bridgehead atoms. The van der Waals surface area contributed by atoms with Crippen LogP contribution in [0.25, 0.3) is 0 Å². The van der Waals surface area contributed by atoms with Crippen molar-refractivity contribution in [1.82, 2.24) is 30.8 Å². The van der Waals surface area contributed by atoms with E-state index in [9.17, 15) is 4.79 Å². The number of hydrogen-bond acceptors (Lipinski definition) is 5. The van der Waals surface area contributed by atoms with E-state index in [1.165, 1.54) is 5.56 Å². The van der Waals surface area contributed by atoms with Gasteiger partial charge in [-0.3, -0.25) is 4.79 Å². The van der Waals surface area contributed by atoms with E-state index >= 15 is 0 Å². The Bertz CT molecular complexity index is 570. The molecular weight excluding hydrogens is 268 g/mol. The van der Waals surface area contributed by atoms with Gasteiger partial charge in [0.25, 0.3) is 0 Å². The normalized spacial score (nSPS) is 21.3. The molecular formula is C14H18N6O. The van der Waals surface area contributed by atoms with E-state index in [0.29, 0.717) is 19.5 Å². The van der Waals surface area contributed by atoms with E-state index in [1.54, 1.807) is 11.0 Å². The van der Waals surface area contributed by atoms with Crippen molar-refractivity contribution in [3.63, 3.8) is 0 Å². The third kappa shape index (κ3) is 3.43. The van der Waals surface area contributed by atoms with Crippen molar-refractivity contribution in [3.05, 3.63) is 42.2 Å². The molecule has 7 nitrogen and oxygen atoms in total. The average molecular weight is 286 g/mol. The molecule has 1 amide bonds. The molecule has 2 aromatic rings. The molecule has 2 N–H and O–H groups in total. The van der Waals surface area contributed by atoms with Crippen LogP contribution in [0.5, 0.6) is 0 Å². The zero-order chi connectivity index (χ0) is 14.5. The van der Waals surface area contributed by atoms with Gasteiger partial charge in [-0.1, -0.05) is 30.3 Å². The number of nitrogens with zero attached hydrogens (tertiary/aromatic N) is 4. The van der Waals surface area contributed by atoms with Crippen LogP contribution in [0.2, 0.25) is 0 Å². The number of carbonyl (C=O) groups is 1. The lowest BCUT2D eigenvalue weighted by Crippen LogP contribution is -2.41. The predicted molar refractivity (Wildman–Crippen MR) is 76.4 cm³/mol. The molecule has 21 heavy (non-hydrogen) atoms. The molecule has 0 spiro atoms. The summed E-state index contributed by atoms with van der Waals surface area (Å²) in [6, 6.07) is 10.1. The summed E-state index contributed by atoms with van der Waals surface area (Å²) >= 11 is 0. The summed E-state index contributed by atoms with van der Waals surface area (Å²) in [4.78, 5) is 12.1. The first kappa shape index (κ1) is 13.7. The SMILES string of the molecule is O=C(NCCc1ccccc1)[C@@H]1C[C@@H](n2cnnn2)CN1. The van der Waals surface area contributed by atoms with Gasteiger partial charge < -0.3 is 10.6 Å². The summed E-state index contributed by atoms with van der Waals surface area (Å²) in [5, 5.41) is 17.3. The molecule has 0 saturated carbocycles.